The van der Waals surface area contributed by atoms with Gasteiger partial charge in [0.15, 0.2) is 0 Å². The van der Waals surface area contributed by atoms with Crippen LogP contribution in [-0.2, 0) is 9.53 Å². The SMILES string of the molecule is C=C(C[C@](C)(O)CC(=O)OCC)C[Si](C)(C)C. The van der Waals surface area contributed by atoms with Gasteiger partial charge in [-0.3, -0.25) is 4.79 Å². The van der Waals surface area contributed by atoms with Crippen molar-refractivity contribution in [3.63, 3.8) is 0 Å². The molecule has 0 aromatic carbocycles. The molecule has 100 valence electrons. The second kappa shape index (κ2) is 6.35. The van der Waals surface area contributed by atoms with Gasteiger partial charge in [-0.05, 0) is 26.3 Å². The number of ether oxygens (including phenoxy) is 1. The Bertz CT molecular complexity index is 277. The van der Waals surface area contributed by atoms with E-state index in [0.29, 0.717) is 13.0 Å². The molecular formula is C13H26O3Si. The lowest BCUT2D eigenvalue weighted by Gasteiger charge is -2.26. The second-order valence-corrected chi connectivity index (χ2v) is 11.6. The van der Waals surface area contributed by atoms with Gasteiger partial charge >= 0.3 is 5.97 Å². The monoisotopic (exact) mass is 258 g/mol. The molecule has 0 aliphatic rings. The fourth-order valence-electron chi connectivity index (χ4n) is 1.94. The Morgan fingerprint density at radius 1 is 1.35 bits per heavy atom. The second-order valence-electron chi connectivity index (χ2n) is 6.14. The van der Waals surface area contributed by atoms with E-state index in [1.54, 1.807) is 13.8 Å². The van der Waals surface area contributed by atoms with E-state index in [4.69, 9.17) is 4.74 Å². The van der Waals surface area contributed by atoms with Crippen LogP contribution in [0.25, 0.3) is 0 Å². The molecule has 0 radical (unpaired) electrons. The van der Waals surface area contributed by atoms with Gasteiger partial charge in [0, 0.05) is 8.07 Å². The van der Waals surface area contributed by atoms with E-state index in [-0.39, 0.29) is 12.4 Å². The molecule has 0 aliphatic heterocycles. The van der Waals surface area contributed by atoms with Gasteiger partial charge in [-0.2, -0.15) is 0 Å². The summed E-state index contributed by atoms with van der Waals surface area (Å²) < 4.78 is 4.84. The Balaban J connectivity index is 4.25. The van der Waals surface area contributed by atoms with Crippen LogP contribution < -0.4 is 0 Å². The van der Waals surface area contributed by atoms with Crippen LogP contribution in [0.15, 0.2) is 12.2 Å². The average Bonchev–Trinajstić information content (AvgIpc) is 1.96. The normalized spacial score (nSPS) is 15.2. The molecule has 0 bridgehead atoms. The van der Waals surface area contributed by atoms with Crippen molar-refractivity contribution in [1.29, 1.82) is 0 Å². The minimum Gasteiger partial charge on any atom is -0.466 e. The van der Waals surface area contributed by atoms with Crippen molar-refractivity contribution in [2.45, 2.75) is 58.0 Å². The van der Waals surface area contributed by atoms with Crippen LogP contribution in [0.3, 0.4) is 0 Å². The van der Waals surface area contributed by atoms with Gasteiger partial charge in [-0.15, -0.1) is 6.58 Å². The molecule has 0 saturated carbocycles. The molecule has 17 heavy (non-hydrogen) atoms. The molecule has 0 saturated heterocycles. The number of hydrogen-bond donors (Lipinski definition) is 1. The van der Waals surface area contributed by atoms with Crippen molar-refractivity contribution in [3.8, 4) is 0 Å². The standard InChI is InChI=1S/C13H26O3Si/c1-7-16-12(14)9-13(3,15)8-11(2)10-17(4,5)6/h15H,2,7-10H2,1,3-6H3/t13-/m0/s1. The lowest BCUT2D eigenvalue weighted by atomic mass is 9.94. The van der Waals surface area contributed by atoms with Crippen LogP contribution >= 0.6 is 0 Å². The predicted molar refractivity (Wildman–Crippen MR) is 73.8 cm³/mol. The molecule has 1 N–H and O–H groups in total. The minimum atomic E-state index is -1.20. The zero-order valence-electron chi connectivity index (χ0n) is 11.8. The third-order valence-corrected chi connectivity index (χ3v) is 3.80. The van der Waals surface area contributed by atoms with Crippen molar-refractivity contribution in [2.24, 2.45) is 0 Å². The summed E-state index contributed by atoms with van der Waals surface area (Å²) in [5.74, 6) is -0.349. The summed E-state index contributed by atoms with van der Waals surface area (Å²) in [6, 6.07) is 0.978. The Labute approximate surface area is 106 Å². The maximum Gasteiger partial charge on any atom is 0.308 e. The van der Waals surface area contributed by atoms with E-state index in [9.17, 15) is 9.90 Å². The summed E-state index contributed by atoms with van der Waals surface area (Å²) >= 11 is 0. The van der Waals surface area contributed by atoms with Crippen LogP contribution in [0.5, 0.6) is 0 Å². The fourth-order valence-corrected chi connectivity index (χ4v) is 3.56. The van der Waals surface area contributed by atoms with Crippen LogP contribution in [0, 0.1) is 0 Å². The third-order valence-electron chi connectivity index (χ3n) is 2.24. The molecule has 0 rings (SSSR count). The molecule has 0 amide bonds. The topological polar surface area (TPSA) is 46.5 Å². The van der Waals surface area contributed by atoms with Crippen molar-refractivity contribution >= 4 is 14.0 Å². The molecule has 3 nitrogen and oxygen atoms in total. The largest absolute Gasteiger partial charge is 0.466 e. The van der Waals surface area contributed by atoms with E-state index in [0.717, 1.165) is 11.6 Å². The van der Waals surface area contributed by atoms with E-state index >= 15 is 0 Å². The average molecular weight is 258 g/mol. The maximum atomic E-state index is 11.3. The molecule has 0 unspecified atom stereocenters. The smallest absolute Gasteiger partial charge is 0.308 e. The summed E-state index contributed by atoms with van der Waals surface area (Å²) in [5.41, 5.74) is -0.0123. The van der Waals surface area contributed by atoms with Crippen LogP contribution in [0.1, 0.15) is 26.7 Å². The van der Waals surface area contributed by atoms with Gasteiger partial charge < -0.3 is 9.84 Å². The zero-order chi connectivity index (χ0) is 13.7. The molecular weight excluding hydrogens is 232 g/mol. The third kappa shape index (κ3) is 9.12. The molecule has 0 fully saturated rings. The first-order valence-electron chi connectivity index (χ1n) is 6.10. The molecule has 0 aromatic rings. The molecule has 0 aliphatic carbocycles. The summed E-state index contributed by atoms with van der Waals surface area (Å²) in [4.78, 5) is 11.3. The summed E-state index contributed by atoms with van der Waals surface area (Å²) in [6.07, 6.45) is 0.502. The predicted octanol–water partition coefficient (Wildman–Crippen LogP) is 2.98. The first-order chi connectivity index (χ1) is 7.56. The van der Waals surface area contributed by atoms with E-state index < -0.39 is 13.7 Å². The van der Waals surface area contributed by atoms with Gasteiger partial charge in [0.05, 0.1) is 18.6 Å². The van der Waals surface area contributed by atoms with E-state index in [1.807, 2.05) is 0 Å². The van der Waals surface area contributed by atoms with Gasteiger partial charge in [0.2, 0.25) is 0 Å². The number of carbonyl (C=O) groups excluding carboxylic acids is 1. The highest BCUT2D eigenvalue weighted by atomic mass is 28.3. The number of aliphatic hydroxyl groups is 1. The zero-order valence-corrected chi connectivity index (χ0v) is 12.8. The Morgan fingerprint density at radius 2 is 1.88 bits per heavy atom. The molecule has 1 atom stereocenters. The van der Waals surface area contributed by atoms with Gasteiger partial charge in [-0.25, -0.2) is 0 Å². The lowest BCUT2D eigenvalue weighted by molar-refractivity contribution is -0.148. The van der Waals surface area contributed by atoms with Crippen LogP contribution in [-0.4, -0.2) is 31.4 Å². The summed E-state index contributed by atoms with van der Waals surface area (Å²) in [7, 11) is -1.20. The first kappa shape index (κ1) is 16.4. The molecule has 0 spiro atoms. The molecule has 0 heterocycles. The fraction of sp³-hybridized carbons (Fsp3) is 0.769. The highest BCUT2D eigenvalue weighted by Gasteiger charge is 2.27. The maximum absolute atomic E-state index is 11.3. The van der Waals surface area contributed by atoms with Gasteiger partial charge in [0.25, 0.3) is 0 Å². The van der Waals surface area contributed by atoms with Crippen LogP contribution in [0.2, 0.25) is 25.7 Å². The Morgan fingerprint density at radius 3 is 2.29 bits per heavy atom. The number of carbonyl (C=O) groups is 1. The summed E-state index contributed by atoms with van der Waals surface area (Å²) in [5, 5.41) is 10.1. The first-order valence-corrected chi connectivity index (χ1v) is 9.81. The number of hydrogen-bond acceptors (Lipinski definition) is 3. The van der Waals surface area contributed by atoms with E-state index in [1.165, 1.54) is 0 Å². The quantitative estimate of drug-likeness (QED) is 0.434. The van der Waals surface area contributed by atoms with Crippen molar-refractivity contribution in [1.82, 2.24) is 0 Å². The van der Waals surface area contributed by atoms with E-state index in [2.05, 4.69) is 26.2 Å². The molecule has 4 heteroatoms. The Hall–Kier alpha value is -0.613. The van der Waals surface area contributed by atoms with Gasteiger partial charge in [-0.1, -0.05) is 25.2 Å². The lowest BCUT2D eigenvalue weighted by Crippen LogP contribution is -2.30. The number of esters is 1. The minimum absolute atomic E-state index is 0.0333. The number of rotatable bonds is 7. The summed E-state index contributed by atoms with van der Waals surface area (Å²) in [6.45, 7) is 14.6. The highest BCUT2D eigenvalue weighted by Crippen LogP contribution is 2.25. The molecule has 0 aromatic heterocycles. The van der Waals surface area contributed by atoms with Crippen molar-refractivity contribution in [3.05, 3.63) is 12.2 Å². The van der Waals surface area contributed by atoms with Crippen molar-refractivity contribution in [2.75, 3.05) is 6.61 Å². The van der Waals surface area contributed by atoms with Crippen molar-refractivity contribution < 1.29 is 14.6 Å². The van der Waals surface area contributed by atoms with Gasteiger partial charge in [0.1, 0.15) is 0 Å². The Kier molecular flexibility index (Phi) is 6.13. The van der Waals surface area contributed by atoms with Crippen LogP contribution in [0.4, 0.5) is 0 Å². The highest BCUT2D eigenvalue weighted by molar-refractivity contribution is 6.76.